The fourth-order valence-electron chi connectivity index (χ4n) is 3.19. The number of carbonyl (C=O) groups is 2. The fourth-order valence-corrected chi connectivity index (χ4v) is 3.45. The molecule has 0 saturated heterocycles. The Morgan fingerprint density at radius 1 is 1.07 bits per heavy atom. The lowest BCUT2D eigenvalue weighted by Crippen LogP contribution is -2.24. The van der Waals surface area contributed by atoms with E-state index in [2.05, 4.69) is 21.2 Å². The molecule has 0 spiro atoms. The second-order valence-electron chi connectivity index (χ2n) is 6.94. The molecule has 1 aliphatic rings. The summed E-state index contributed by atoms with van der Waals surface area (Å²) >= 11 is 3.42. The number of nitrogens with zero attached hydrogens (tertiary/aromatic N) is 1. The number of rotatable bonds is 6. The number of ether oxygens (including phenoxy) is 2. The topological polar surface area (TPSA) is 67.9 Å². The SMILES string of the molecule is COc1cc(NC(=O)C2CC2c2ccc(Br)cc2)c(C(=O)N(C)C)cc1OC. The molecular formula is C21H23BrN2O4. The van der Waals surface area contributed by atoms with Crippen LogP contribution in [0.1, 0.15) is 28.3 Å². The van der Waals surface area contributed by atoms with Gasteiger partial charge in [-0.1, -0.05) is 28.1 Å². The summed E-state index contributed by atoms with van der Waals surface area (Å²) in [6.07, 6.45) is 0.789. The molecule has 0 aliphatic heterocycles. The summed E-state index contributed by atoms with van der Waals surface area (Å²) in [4.78, 5) is 26.9. The fraction of sp³-hybridized carbons (Fsp3) is 0.333. The molecule has 0 heterocycles. The van der Waals surface area contributed by atoms with E-state index in [4.69, 9.17) is 9.47 Å². The summed E-state index contributed by atoms with van der Waals surface area (Å²) in [7, 11) is 6.35. The molecule has 3 rings (SSSR count). The molecule has 7 heteroatoms. The van der Waals surface area contributed by atoms with Crippen molar-refractivity contribution >= 4 is 33.4 Å². The summed E-state index contributed by atoms with van der Waals surface area (Å²) in [6.45, 7) is 0. The molecule has 1 aliphatic carbocycles. The van der Waals surface area contributed by atoms with Gasteiger partial charge in [-0.25, -0.2) is 0 Å². The van der Waals surface area contributed by atoms with Gasteiger partial charge in [-0.3, -0.25) is 9.59 Å². The summed E-state index contributed by atoms with van der Waals surface area (Å²) in [5.41, 5.74) is 1.92. The molecule has 1 saturated carbocycles. The lowest BCUT2D eigenvalue weighted by atomic mass is 10.1. The number of anilines is 1. The number of methoxy groups -OCH3 is 2. The average molecular weight is 447 g/mol. The highest BCUT2D eigenvalue weighted by atomic mass is 79.9. The number of amides is 2. The molecule has 1 fully saturated rings. The van der Waals surface area contributed by atoms with Gasteiger partial charge < -0.3 is 19.7 Å². The van der Waals surface area contributed by atoms with Gasteiger partial charge in [0, 0.05) is 30.6 Å². The highest BCUT2D eigenvalue weighted by Gasteiger charge is 2.44. The van der Waals surface area contributed by atoms with Gasteiger partial charge >= 0.3 is 0 Å². The number of benzene rings is 2. The number of hydrogen-bond donors (Lipinski definition) is 1. The van der Waals surface area contributed by atoms with Gasteiger partial charge in [0.25, 0.3) is 5.91 Å². The lowest BCUT2D eigenvalue weighted by molar-refractivity contribution is -0.117. The molecule has 2 unspecified atom stereocenters. The molecule has 1 N–H and O–H groups in total. The van der Waals surface area contributed by atoms with Crippen LogP contribution in [0.15, 0.2) is 40.9 Å². The number of hydrogen-bond acceptors (Lipinski definition) is 4. The van der Waals surface area contributed by atoms with Gasteiger partial charge in [0.05, 0.1) is 25.5 Å². The van der Waals surface area contributed by atoms with Crippen molar-refractivity contribution in [2.45, 2.75) is 12.3 Å². The summed E-state index contributed by atoms with van der Waals surface area (Å²) in [5, 5.41) is 2.91. The molecule has 148 valence electrons. The first-order valence-electron chi connectivity index (χ1n) is 8.89. The van der Waals surface area contributed by atoms with Crippen LogP contribution in [0.5, 0.6) is 11.5 Å². The molecule has 28 heavy (non-hydrogen) atoms. The van der Waals surface area contributed by atoms with Crippen LogP contribution in [0, 0.1) is 5.92 Å². The van der Waals surface area contributed by atoms with Crippen LogP contribution in [0.2, 0.25) is 0 Å². The minimum atomic E-state index is -0.225. The maximum Gasteiger partial charge on any atom is 0.255 e. The van der Waals surface area contributed by atoms with Gasteiger partial charge in [-0.2, -0.15) is 0 Å². The minimum Gasteiger partial charge on any atom is -0.493 e. The molecular weight excluding hydrogens is 424 g/mol. The Balaban J connectivity index is 1.83. The zero-order chi connectivity index (χ0) is 20.4. The van der Waals surface area contributed by atoms with E-state index in [1.54, 1.807) is 26.2 Å². The quantitative estimate of drug-likeness (QED) is 0.729. The van der Waals surface area contributed by atoms with Crippen LogP contribution in [0.4, 0.5) is 5.69 Å². The Morgan fingerprint density at radius 2 is 1.68 bits per heavy atom. The predicted molar refractivity (Wildman–Crippen MR) is 111 cm³/mol. The van der Waals surface area contributed by atoms with Crippen molar-refractivity contribution in [1.29, 1.82) is 0 Å². The third-order valence-electron chi connectivity index (χ3n) is 4.84. The van der Waals surface area contributed by atoms with E-state index in [0.29, 0.717) is 22.7 Å². The third kappa shape index (κ3) is 4.14. The zero-order valence-electron chi connectivity index (χ0n) is 16.3. The lowest BCUT2D eigenvalue weighted by Gasteiger charge is -2.18. The number of nitrogens with one attached hydrogen (secondary N) is 1. The summed E-state index contributed by atoms with van der Waals surface area (Å²) in [5.74, 6) is 0.639. The van der Waals surface area contributed by atoms with Gasteiger partial charge in [-0.15, -0.1) is 0 Å². The number of carbonyl (C=O) groups excluding carboxylic acids is 2. The van der Waals surface area contributed by atoms with Crippen molar-refractivity contribution in [3.8, 4) is 11.5 Å². The van der Waals surface area contributed by atoms with E-state index in [1.165, 1.54) is 19.1 Å². The van der Waals surface area contributed by atoms with E-state index in [1.807, 2.05) is 24.3 Å². The van der Waals surface area contributed by atoms with Crippen LogP contribution in [0.25, 0.3) is 0 Å². The van der Waals surface area contributed by atoms with Gasteiger partial charge in [0.1, 0.15) is 0 Å². The average Bonchev–Trinajstić information content (AvgIpc) is 3.48. The molecule has 2 atom stereocenters. The standard InChI is InChI=1S/C21H23BrN2O4/c1-24(2)21(26)16-10-18(27-3)19(28-4)11-17(16)23-20(25)15-9-14(15)12-5-7-13(22)8-6-12/h5-8,10-11,14-15H,9H2,1-4H3,(H,23,25). The number of halogens is 1. The van der Waals surface area contributed by atoms with E-state index in [0.717, 1.165) is 16.5 Å². The minimum absolute atomic E-state index is 0.104. The highest BCUT2D eigenvalue weighted by Crippen LogP contribution is 2.48. The summed E-state index contributed by atoms with van der Waals surface area (Å²) < 4.78 is 11.6. The van der Waals surface area contributed by atoms with Crippen LogP contribution in [0.3, 0.4) is 0 Å². The molecule has 2 aromatic rings. The van der Waals surface area contributed by atoms with E-state index < -0.39 is 0 Å². The molecule has 0 radical (unpaired) electrons. The normalized spacial score (nSPS) is 17.6. The van der Waals surface area contributed by atoms with Crippen molar-refractivity contribution in [2.24, 2.45) is 5.92 Å². The van der Waals surface area contributed by atoms with Crippen LogP contribution in [-0.4, -0.2) is 45.0 Å². The Labute approximate surface area is 172 Å². The van der Waals surface area contributed by atoms with Crippen LogP contribution in [-0.2, 0) is 4.79 Å². The van der Waals surface area contributed by atoms with Crippen molar-refractivity contribution in [3.05, 3.63) is 52.0 Å². The van der Waals surface area contributed by atoms with E-state index >= 15 is 0 Å². The molecule has 2 amide bonds. The molecule has 2 aromatic carbocycles. The Kier molecular flexibility index (Phi) is 5.93. The van der Waals surface area contributed by atoms with Gasteiger partial charge in [0.15, 0.2) is 11.5 Å². The van der Waals surface area contributed by atoms with Crippen LogP contribution < -0.4 is 14.8 Å². The van der Waals surface area contributed by atoms with Crippen molar-refractivity contribution < 1.29 is 19.1 Å². The van der Waals surface area contributed by atoms with Gasteiger partial charge in [0.2, 0.25) is 5.91 Å². The molecule has 0 aromatic heterocycles. The monoisotopic (exact) mass is 446 g/mol. The second kappa shape index (κ2) is 8.22. The largest absolute Gasteiger partial charge is 0.493 e. The van der Waals surface area contributed by atoms with Gasteiger partial charge in [-0.05, 0) is 36.1 Å². The Bertz CT molecular complexity index is 896. The third-order valence-corrected chi connectivity index (χ3v) is 5.37. The van der Waals surface area contributed by atoms with E-state index in [-0.39, 0.29) is 23.7 Å². The van der Waals surface area contributed by atoms with Crippen molar-refractivity contribution in [1.82, 2.24) is 4.90 Å². The Hall–Kier alpha value is -2.54. The maximum absolute atomic E-state index is 12.8. The smallest absolute Gasteiger partial charge is 0.255 e. The molecule has 0 bridgehead atoms. The first-order chi connectivity index (χ1) is 13.3. The highest BCUT2D eigenvalue weighted by molar-refractivity contribution is 9.10. The van der Waals surface area contributed by atoms with Crippen molar-refractivity contribution in [2.75, 3.05) is 33.6 Å². The zero-order valence-corrected chi connectivity index (χ0v) is 17.9. The van der Waals surface area contributed by atoms with E-state index in [9.17, 15) is 9.59 Å². The van der Waals surface area contributed by atoms with Crippen LogP contribution >= 0.6 is 15.9 Å². The maximum atomic E-state index is 12.8. The first-order valence-corrected chi connectivity index (χ1v) is 9.69. The van der Waals surface area contributed by atoms with Crippen molar-refractivity contribution in [3.63, 3.8) is 0 Å². The molecule has 6 nitrogen and oxygen atoms in total. The predicted octanol–water partition coefficient (Wildman–Crippen LogP) is 3.91. The second-order valence-corrected chi connectivity index (χ2v) is 7.86. The summed E-state index contributed by atoms with van der Waals surface area (Å²) in [6, 6.07) is 11.2. The first kappa shape index (κ1) is 20.2. The Morgan fingerprint density at radius 3 is 2.25 bits per heavy atom.